The number of allylic oxidation sites excluding steroid dienone is 1. The molecule has 5 rings (SSSR count). The number of nitrogens with zero attached hydrogens (tertiary/aromatic N) is 3. The maximum absolute atomic E-state index is 12.8. The number of aromatic nitrogens is 3. The number of likely N-dealkylation sites (tertiary alicyclic amines) is 1. The molecule has 4 unspecified atom stereocenters. The summed E-state index contributed by atoms with van der Waals surface area (Å²) in [5.74, 6) is 0.322. The number of pyridine rings is 1. The van der Waals surface area contributed by atoms with Crippen molar-refractivity contribution in [1.29, 1.82) is 0 Å². The van der Waals surface area contributed by atoms with Crippen molar-refractivity contribution in [3.05, 3.63) is 58.0 Å². The van der Waals surface area contributed by atoms with E-state index in [4.69, 9.17) is 9.47 Å². The third-order valence-electron chi connectivity index (χ3n) is 8.51. The van der Waals surface area contributed by atoms with E-state index in [1.165, 1.54) is 38.5 Å². The van der Waals surface area contributed by atoms with E-state index in [1.807, 2.05) is 46.8 Å². The molecule has 2 aliphatic heterocycles. The van der Waals surface area contributed by atoms with Crippen molar-refractivity contribution in [3.63, 3.8) is 0 Å². The van der Waals surface area contributed by atoms with Crippen LogP contribution in [0.3, 0.4) is 0 Å². The zero-order valence-corrected chi connectivity index (χ0v) is 28.6. The van der Waals surface area contributed by atoms with Gasteiger partial charge in [-0.25, -0.2) is 4.98 Å². The fraction of sp³-hybridized carbons (Fsp3) is 0.543. The summed E-state index contributed by atoms with van der Waals surface area (Å²) in [4.78, 5) is 50.5. The van der Waals surface area contributed by atoms with Crippen molar-refractivity contribution in [2.24, 2.45) is 0 Å². The van der Waals surface area contributed by atoms with Crippen molar-refractivity contribution >= 4 is 29.3 Å². The molecule has 2 aliphatic rings. The first-order valence-electron chi connectivity index (χ1n) is 16.4. The molecule has 3 aromatic rings. The molecule has 11 heteroatoms. The quantitative estimate of drug-likeness (QED) is 0.215. The number of carbonyl (C=O) groups excluding carboxylic acids is 2. The highest BCUT2D eigenvalue weighted by atomic mass is 16.6. The van der Waals surface area contributed by atoms with E-state index in [1.54, 1.807) is 18.3 Å². The summed E-state index contributed by atoms with van der Waals surface area (Å²) >= 11 is 0. The number of aromatic amines is 2. The zero-order valence-electron chi connectivity index (χ0n) is 28.6. The summed E-state index contributed by atoms with van der Waals surface area (Å²) in [6, 6.07) is 5.49. The Morgan fingerprint density at radius 2 is 1.83 bits per heavy atom. The number of H-pyrrole nitrogens is 2. The number of hydrogen-bond acceptors (Lipinski definition) is 9. The van der Waals surface area contributed by atoms with Gasteiger partial charge in [0.05, 0.1) is 35.5 Å². The minimum atomic E-state index is -0.335. The minimum absolute atomic E-state index is 0.0390. The minimum Gasteiger partial charge on any atom is -0.379 e. The highest BCUT2D eigenvalue weighted by molar-refractivity contribution is 5.97. The maximum Gasteiger partial charge on any atom is 0.261 e. The largest absolute Gasteiger partial charge is 0.379 e. The number of rotatable bonds is 9. The maximum atomic E-state index is 12.8. The molecule has 2 fully saturated rings. The van der Waals surface area contributed by atoms with E-state index >= 15 is 0 Å². The van der Waals surface area contributed by atoms with Crippen molar-refractivity contribution in [1.82, 2.24) is 24.8 Å². The molecule has 2 saturated heterocycles. The van der Waals surface area contributed by atoms with Crippen LogP contribution in [-0.4, -0.2) is 108 Å². The second-order valence-corrected chi connectivity index (χ2v) is 11.7. The average Bonchev–Trinajstić information content (AvgIpc) is 3.48. The van der Waals surface area contributed by atoms with Crippen LogP contribution in [0.15, 0.2) is 41.3 Å². The number of fused-ring (bicyclic) bond motifs is 1. The lowest BCUT2D eigenvalue weighted by Gasteiger charge is -2.37. The molecule has 2 aromatic heterocycles. The topological polar surface area (TPSA) is 133 Å². The van der Waals surface area contributed by atoms with Gasteiger partial charge in [0.25, 0.3) is 5.56 Å². The van der Waals surface area contributed by atoms with Gasteiger partial charge < -0.3 is 34.6 Å². The van der Waals surface area contributed by atoms with Crippen LogP contribution in [0, 0.1) is 0 Å². The summed E-state index contributed by atoms with van der Waals surface area (Å²) in [7, 11) is 4.37. The van der Waals surface area contributed by atoms with E-state index < -0.39 is 0 Å². The van der Waals surface area contributed by atoms with Gasteiger partial charge in [0.15, 0.2) is 12.6 Å². The van der Waals surface area contributed by atoms with Crippen LogP contribution in [0.5, 0.6) is 0 Å². The third-order valence-corrected chi connectivity index (χ3v) is 8.51. The summed E-state index contributed by atoms with van der Waals surface area (Å²) in [6.45, 7) is 16.4. The molecule has 3 N–H and O–H groups in total. The lowest BCUT2D eigenvalue weighted by atomic mass is 10.0. The molecule has 0 bridgehead atoms. The van der Waals surface area contributed by atoms with E-state index in [0.29, 0.717) is 47.3 Å². The standard InChI is InChI=1S/C24H26N4O5.C9H20N2.C2H6/c1-4-5-20-14(3)32-12-21(33-20)13(2)26-17-6-7-25-24(31)22(17)23-27-18-8-15(10-29)16(11-30)9-19(18)28-23;1-4-11-7-5-9(6-8-11)10(2)3;1-2/h4-11,13-14,20-21H,12H2,1-3H3,(H,27,28)(H2,25,26,31);9H,4-8H2,1-3H3;1-2H3/b5-4-;;. The summed E-state index contributed by atoms with van der Waals surface area (Å²) in [5.41, 5.74) is 2.07. The summed E-state index contributed by atoms with van der Waals surface area (Å²) < 4.78 is 12.1. The molecule has 0 spiro atoms. The predicted octanol–water partition coefficient (Wildman–Crippen LogP) is 5.15. The third kappa shape index (κ3) is 9.22. The van der Waals surface area contributed by atoms with Gasteiger partial charge in [0.2, 0.25) is 0 Å². The van der Waals surface area contributed by atoms with Gasteiger partial charge in [-0.15, -0.1) is 0 Å². The van der Waals surface area contributed by atoms with Gasteiger partial charge in [0, 0.05) is 23.4 Å². The Bertz CT molecular complexity index is 1450. The molecule has 46 heavy (non-hydrogen) atoms. The average molecular weight is 637 g/mol. The fourth-order valence-corrected chi connectivity index (χ4v) is 5.68. The number of piperidine rings is 1. The molecule has 1 aromatic carbocycles. The summed E-state index contributed by atoms with van der Waals surface area (Å²) in [6.07, 6.45) is 8.97. The number of ether oxygens (including phenoxy) is 2. The molecule has 0 saturated carbocycles. The number of hydrogen-bond donors (Lipinski definition) is 3. The van der Waals surface area contributed by atoms with Gasteiger partial charge in [-0.3, -0.25) is 14.4 Å². The zero-order chi connectivity index (χ0) is 33.8. The second-order valence-electron chi connectivity index (χ2n) is 11.7. The Hall–Kier alpha value is -3.64. The molecular weight excluding hydrogens is 584 g/mol. The van der Waals surface area contributed by atoms with Gasteiger partial charge in [-0.2, -0.15) is 0 Å². The molecule has 0 amide bonds. The van der Waals surface area contributed by atoms with Crippen molar-refractivity contribution in [2.75, 3.05) is 45.7 Å². The van der Waals surface area contributed by atoms with Crippen LogP contribution in [0.1, 0.15) is 75.1 Å². The molecule has 4 heterocycles. The highest BCUT2D eigenvalue weighted by Crippen LogP contribution is 2.27. The number of benzene rings is 1. The SMILES string of the molecule is C/C=C\C1OC(C(C)Nc2cc[nH]c(=O)c2-c2nc3cc(C=O)c(C=O)cc3[nH]2)COC1C.CC.CCN1CCC(N(C)C)CC1. The predicted molar refractivity (Wildman–Crippen MR) is 185 cm³/mol. The van der Waals surface area contributed by atoms with Gasteiger partial charge >= 0.3 is 0 Å². The lowest BCUT2D eigenvalue weighted by Crippen LogP contribution is -2.47. The highest BCUT2D eigenvalue weighted by Gasteiger charge is 2.31. The van der Waals surface area contributed by atoms with E-state index in [2.05, 4.69) is 51.1 Å². The summed E-state index contributed by atoms with van der Waals surface area (Å²) in [5, 5.41) is 3.37. The van der Waals surface area contributed by atoms with Crippen LogP contribution in [0.25, 0.3) is 22.4 Å². The number of aldehydes is 2. The Balaban J connectivity index is 0.000000373. The molecule has 0 radical (unpaired) electrons. The monoisotopic (exact) mass is 636 g/mol. The first kappa shape index (κ1) is 36.8. The smallest absolute Gasteiger partial charge is 0.261 e. The fourth-order valence-electron chi connectivity index (χ4n) is 5.68. The van der Waals surface area contributed by atoms with E-state index in [-0.39, 0.29) is 41.0 Å². The second kappa shape index (κ2) is 17.9. The number of nitrogens with one attached hydrogen (secondary N) is 3. The first-order chi connectivity index (χ1) is 22.2. The number of imidazole rings is 1. The normalized spacial score (nSPS) is 21.3. The Kier molecular flexibility index (Phi) is 14.3. The van der Waals surface area contributed by atoms with Gasteiger partial charge in [-0.05, 0) is 85.5 Å². The Morgan fingerprint density at radius 1 is 1.15 bits per heavy atom. The van der Waals surface area contributed by atoms with Crippen molar-refractivity contribution < 1.29 is 19.1 Å². The Morgan fingerprint density at radius 3 is 2.43 bits per heavy atom. The van der Waals surface area contributed by atoms with Gasteiger partial charge in [0.1, 0.15) is 23.6 Å². The van der Waals surface area contributed by atoms with E-state index in [9.17, 15) is 14.4 Å². The van der Waals surface area contributed by atoms with Crippen LogP contribution in [-0.2, 0) is 9.47 Å². The van der Waals surface area contributed by atoms with Crippen molar-refractivity contribution in [2.45, 2.75) is 84.8 Å². The van der Waals surface area contributed by atoms with Crippen LogP contribution >= 0.6 is 0 Å². The number of carbonyl (C=O) groups is 2. The molecule has 0 aliphatic carbocycles. The van der Waals surface area contributed by atoms with Crippen LogP contribution in [0.2, 0.25) is 0 Å². The number of anilines is 1. The molecular formula is C35H52N6O5. The van der Waals surface area contributed by atoms with Crippen LogP contribution in [0.4, 0.5) is 5.69 Å². The van der Waals surface area contributed by atoms with Crippen molar-refractivity contribution in [3.8, 4) is 11.4 Å². The molecule has 252 valence electrons. The Labute approximate surface area is 272 Å². The van der Waals surface area contributed by atoms with Gasteiger partial charge in [-0.1, -0.05) is 32.9 Å². The molecule has 11 nitrogen and oxygen atoms in total. The van der Waals surface area contributed by atoms with Crippen LogP contribution < -0.4 is 10.9 Å². The molecule has 4 atom stereocenters. The lowest BCUT2D eigenvalue weighted by molar-refractivity contribution is -0.160. The first-order valence-corrected chi connectivity index (χ1v) is 16.4. The van der Waals surface area contributed by atoms with E-state index in [0.717, 1.165) is 6.04 Å².